The van der Waals surface area contributed by atoms with Crippen LogP contribution in [0, 0.1) is 15.5 Å². The Bertz CT molecular complexity index is 464. The van der Waals surface area contributed by atoms with Crippen LogP contribution in [0.4, 0.5) is 11.4 Å². The van der Waals surface area contributed by atoms with E-state index in [0.29, 0.717) is 19.5 Å². The number of hydrogen-bond donors (Lipinski definition) is 2. The van der Waals surface area contributed by atoms with Crippen molar-refractivity contribution in [3.63, 3.8) is 0 Å². The average Bonchev–Trinajstić information content (AvgIpc) is 2.33. The van der Waals surface area contributed by atoms with Gasteiger partial charge in [0.25, 0.3) is 5.69 Å². The third-order valence-electron chi connectivity index (χ3n) is 2.55. The van der Waals surface area contributed by atoms with Crippen molar-refractivity contribution < 1.29 is 9.72 Å². The van der Waals surface area contributed by atoms with Gasteiger partial charge in [0.05, 0.1) is 4.92 Å². The Balaban J connectivity index is 2.27. The van der Waals surface area contributed by atoms with Gasteiger partial charge in [0, 0.05) is 37.3 Å². The Morgan fingerprint density at radius 3 is 2.30 bits per heavy atom. The highest BCUT2D eigenvalue weighted by molar-refractivity contribution is 5.76. The quantitative estimate of drug-likeness (QED) is 0.476. The zero-order valence-corrected chi connectivity index (χ0v) is 12.1. The summed E-state index contributed by atoms with van der Waals surface area (Å²) in [6.07, 6.45) is 0.491. The van der Waals surface area contributed by atoms with E-state index in [4.69, 9.17) is 0 Å². The van der Waals surface area contributed by atoms with Gasteiger partial charge in [-0.05, 0) is 17.5 Å². The minimum absolute atomic E-state index is 0.0180. The summed E-state index contributed by atoms with van der Waals surface area (Å²) in [6.45, 7) is 7.14. The van der Waals surface area contributed by atoms with Gasteiger partial charge in [0.2, 0.25) is 5.91 Å². The molecule has 0 radical (unpaired) electrons. The molecule has 0 spiro atoms. The molecule has 0 saturated carbocycles. The lowest BCUT2D eigenvalue weighted by atomic mass is 9.92. The van der Waals surface area contributed by atoms with Crippen LogP contribution in [0.5, 0.6) is 0 Å². The second kappa shape index (κ2) is 6.88. The van der Waals surface area contributed by atoms with Crippen LogP contribution in [0.1, 0.15) is 27.2 Å². The molecular weight excluding hydrogens is 258 g/mol. The number of anilines is 1. The number of rotatable bonds is 6. The minimum atomic E-state index is -0.434. The summed E-state index contributed by atoms with van der Waals surface area (Å²) < 4.78 is 0. The number of amides is 1. The van der Waals surface area contributed by atoms with Gasteiger partial charge in [-0.3, -0.25) is 14.9 Å². The third kappa shape index (κ3) is 6.17. The Labute approximate surface area is 118 Å². The summed E-state index contributed by atoms with van der Waals surface area (Å²) in [6, 6.07) is 6.19. The second-order valence-corrected chi connectivity index (χ2v) is 5.82. The maximum absolute atomic E-state index is 11.6. The van der Waals surface area contributed by atoms with E-state index >= 15 is 0 Å². The molecule has 0 aliphatic heterocycles. The van der Waals surface area contributed by atoms with Gasteiger partial charge in [-0.2, -0.15) is 0 Å². The predicted molar refractivity (Wildman–Crippen MR) is 78.7 cm³/mol. The molecule has 0 bridgehead atoms. The Hall–Kier alpha value is -2.11. The smallest absolute Gasteiger partial charge is 0.269 e. The molecule has 20 heavy (non-hydrogen) atoms. The number of nitrogens with zero attached hydrogens (tertiary/aromatic N) is 1. The van der Waals surface area contributed by atoms with Crippen LogP contribution in [0.3, 0.4) is 0 Å². The molecule has 1 amide bonds. The molecule has 0 heterocycles. The van der Waals surface area contributed by atoms with Crippen LogP contribution in [-0.4, -0.2) is 23.9 Å². The lowest BCUT2D eigenvalue weighted by Gasteiger charge is -2.17. The van der Waals surface area contributed by atoms with Gasteiger partial charge in [0.1, 0.15) is 0 Å². The fourth-order valence-electron chi connectivity index (χ4n) is 1.65. The maximum atomic E-state index is 11.6. The van der Waals surface area contributed by atoms with Gasteiger partial charge >= 0.3 is 0 Å². The number of carbonyl (C=O) groups excluding carboxylic acids is 1. The topological polar surface area (TPSA) is 84.3 Å². The number of carbonyl (C=O) groups is 1. The lowest BCUT2D eigenvalue weighted by molar-refractivity contribution is -0.384. The van der Waals surface area contributed by atoms with Gasteiger partial charge in [-0.15, -0.1) is 0 Å². The molecule has 0 saturated heterocycles. The van der Waals surface area contributed by atoms with Crippen molar-refractivity contribution in [1.29, 1.82) is 0 Å². The van der Waals surface area contributed by atoms with E-state index in [9.17, 15) is 14.9 Å². The molecule has 0 unspecified atom stereocenters. The molecule has 0 fully saturated rings. The highest BCUT2D eigenvalue weighted by Crippen LogP contribution is 2.17. The SMILES string of the molecule is CC(C)(C)CC(=O)NCCNc1ccc([N+](=O)[O-])cc1. The Morgan fingerprint density at radius 1 is 1.20 bits per heavy atom. The number of benzene rings is 1. The molecule has 0 aromatic heterocycles. The lowest BCUT2D eigenvalue weighted by Crippen LogP contribution is -2.31. The largest absolute Gasteiger partial charge is 0.383 e. The monoisotopic (exact) mass is 279 g/mol. The Morgan fingerprint density at radius 2 is 1.80 bits per heavy atom. The minimum Gasteiger partial charge on any atom is -0.383 e. The van der Waals surface area contributed by atoms with Crippen molar-refractivity contribution in [2.24, 2.45) is 5.41 Å². The summed E-state index contributed by atoms with van der Waals surface area (Å²) in [7, 11) is 0. The molecule has 6 heteroatoms. The van der Waals surface area contributed by atoms with Gasteiger partial charge in [0.15, 0.2) is 0 Å². The molecule has 0 atom stereocenters. The van der Waals surface area contributed by atoms with Gasteiger partial charge < -0.3 is 10.6 Å². The van der Waals surface area contributed by atoms with Crippen molar-refractivity contribution in [3.8, 4) is 0 Å². The maximum Gasteiger partial charge on any atom is 0.269 e. The molecule has 1 rings (SSSR count). The molecule has 1 aromatic rings. The first kappa shape index (κ1) is 15.9. The van der Waals surface area contributed by atoms with Crippen LogP contribution in [-0.2, 0) is 4.79 Å². The standard InChI is InChI=1S/C14H21N3O3/c1-14(2,3)10-13(18)16-9-8-15-11-4-6-12(7-5-11)17(19)20/h4-7,15H,8-10H2,1-3H3,(H,16,18). The molecule has 0 aliphatic carbocycles. The number of non-ortho nitro benzene ring substituents is 1. The summed E-state index contributed by atoms with van der Waals surface area (Å²) in [5.74, 6) is 0.0306. The highest BCUT2D eigenvalue weighted by Gasteiger charge is 2.15. The van der Waals surface area contributed by atoms with Crippen LogP contribution >= 0.6 is 0 Å². The van der Waals surface area contributed by atoms with E-state index in [1.807, 2.05) is 20.8 Å². The third-order valence-corrected chi connectivity index (χ3v) is 2.55. The van der Waals surface area contributed by atoms with Crippen LogP contribution in [0.2, 0.25) is 0 Å². The number of hydrogen-bond acceptors (Lipinski definition) is 4. The first-order chi connectivity index (χ1) is 9.28. The van der Waals surface area contributed by atoms with E-state index in [-0.39, 0.29) is 17.0 Å². The van der Waals surface area contributed by atoms with E-state index < -0.39 is 4.92 Å². The van der Waals surface area contributed by atoms with Gasteiger partial charge in [-0.25, -0.2) is 0 Å². The van der Waals surface area contributed by atoms with Crippen molar-refractivity contribution >= 4 is 17.3 Å². The average molecular weight is 279 g/mol. The number of nitro benzene ring substituents is 1. The van der Waals surface area contributed by atoms with Crippen molar-refractivity contribution in [3.05, 3.63) is 34.4 Å². The molecule has 0 aliphatic rings. The molecule has 2 N–H and O–H groups in total. The fraction of sp³-hybridized carbons (Fsp3) is 0.500. The normalized spacial score (nSPS) is 10.9. The van der Waals surface area contributed by atoms with E-state index in [0.717, 1.165) is 5.69 Å². The first-order valence-electron chi connectivity index (χ1n) is 6.53. The fourth-order valence-corrected chi connectivity index (χ4v) is 1.65. The first-order valence-corrected chi connectivity index (χ1v) is 6.53. The van der Waals surface area contributed by atoms with E-state index in [1.54, 1.807) is 12.1 Å². The van der Waals surface area contributed by atoms with E-state index in [2.05, 4.69) is 10.6 Å². The zero-order chi connectivity index (χ0) is 15.2. The predicted octanol–water partition coefficient (Wildman–Crippen LogP) is 2.56. The summed E-state index contributed by atoms with van der Waals surface area (Å²) in [4.78, 5) is 21.6. The van der Waals surface area contributed by atoms with Crippen molar-refractivity contribution in [2.45, 2.75) is 27.2 Å². The number of nitro groups is 1. The zero-order valence-electron chi connectivity index (χ0n) is 12.1. The van der Waals surface area contributed by atoms with Crippen LogP contribution < -0.4 is 10.6 Å². The molecule has 110 valence electrons. The summed E-state index contributed by atoms with van der Waals surface area (Å²) in [5.41, 5.74) is 0.838. The number of nitrogens with one attached hydrogen (secondary N) is 2. The second-order valence-electron chi connectivity index (χ2n) is 5.82. The molecule has 6 nitrogen and oxygen atoms in total. The highest BCUT2D eigenvalue weighted by atomic mass is 16.6. The van der Waals surface area contributed by atoms with Crippen LogP contribution in [0.15, 0.2) is 24.3 Å². The molecular formula is C14H21N3O3. The Kier molecular flexibility index (Phi) is 5.49. The molecule has 1 aromatic carbocycles. The van der Waals surface area contributed by atoms with Crippen molar-refractivity contribution in [2.75, 3.05) is 18.4 Å². The van der Waals surface area contributed by atoms with Gasteiger partial charge in [-0.1, -0.05) is 20.8 Å². The van der Waals surface area contributed by atoms with Crippen LogP contribution in [0.25, 0.3) is 0 Å². The summed E-state index contributed by atoms with van der Waals surface area (Å²) in [5, 5.41) is 16.4. The summed E-state index contributed by atoms with van der Waals surface area (Å²) >= 11 is 0. The van der Waals surface area contributed by atoms with Crippen molar-refractivity contribution in [1.82, 2.24) is 5.32 Å². The van der Waals surface area contributed by atoms with E-state index in [1.165, 1.54) is 12.1 Å².